The zero-order valence-electron chi connectivity index (χ0n) is 20.3. The van der Waals surface area contributed by atoms with Crippen molar-refractivity contribution >= 4 is 27.5 Å². The lowest BCUT2D eigenvalue weighted by Crippen LogP contribution is -2.55. The van der Waals surface area contributed by atoms with Crippen molar-refractivity contribution in [2.45, 2.75) is 45.2 Å². The van der Waals surface area contributed by atoms with Crippen molar-refractivity contribution in [1.29, 1.82) is 0 Å². The molecule has 1 aromatic heterocycles. The van der Waals surface area contributed by atoms with Gasteiger partial charge in [-0.2, -0.15) is 0 Å². The van der Waals surface area contributed by atoms with Crippen molar-refractivity contribution in [3.63, 3.8) is 0 Å². The molecular formula is C26H31N3O5S. The summed E-state index contributed by atoms with van der Waals surface area (Å²) < 4.78 is 33.1. The van der Waals surface area contributed by atoms with Gasteiger partial charge in [-0.3, -0.25) is 14.5 Å². The van der Waals surface area contributed by atoms with E-state index in [0.29, 0.717) is 11.4 Å². The summed E-state index contributed by atoms with van der Waals surface area (Å²) in [6.45, 7) is 7.08. The SMILES string of the molecule is Cc1cccc(C)c1N(C(=O)CNS(=O)(=O)c1ccccc1)[C@@H](C(=O)NCc1ccco1)C(C)C. The molecule has 0 saturated heterocycles. The van der Waals surface area contributed by atoms with Gasteiger partial charge in [0.25, 0.3) is 0 Å². The van der Waals surface area contributed by atoms with Crippen LogP contribution in [0, 0.1) is 19.8 Å². The van der Waals surface area contributed by atoms with Gasteiger partial charge in [-0.25, -0.2) is 13.1 Å². The Kier molecular flexibility index (Phi) is 8.48. The van der Waals surface area contributed by atoms with Crippen LogP contribution in [0.2, 0.25) is 0 Å². The molecule has 0 bridgehead atoms. The van der Waals surface area contributed by atoms with Gasteiger partial charge in [0.2, 0.25) is 21.8 Å². The summed E-state index contributed by atoms with van der Waals surface area (Å²) in [5.41, 5.74) is 2.19. The second-order valence-electron chi connectivity index (χ2n) is 8.63. The zero-order chi connectivity index (χ0) is 25.6. The van der Waals surface area contributed by atoms with Crippen LogP contribution in [-0.4, -0.2) is 32.8 Å². The molecule has 9 heteroatoms. The van der Waals surface area contributed by atoms with Crippen LogP contribution >= 0.6 is 0 Å². The van der Waals surface area contributed by atoms with Gasteiger partial charge in [0, 0.05) is 0 Å². The predicted octanol–water partition coefficient (Wildman–Crippen LogP) is 3.55. The molecule has 3 aromatic rings. The van der Waals surface area contributed by atoms with Crippen molar-refractivity contribution in [3.05, 3.63) is 83.8 Å². The van der Waals surface area contributed by atoms with E-state index < -0.39 is 28.5 Å². The molecule has 0 unspecified atom stereocenters. The molecular weight excluding hydrogens is 466 g/mol. The van der Waals surface area contributed by atoms with Crippen LogP contribution in [0.4, 0.5) is 5.69 Å². The third-order valence-corrected chi connectivity index (χ3v) is 7.03. The standard InChI is InChI=1S/C26H31N3O5S/c1-18(2)24(26(31)27-16-21-12-9-15-34-21)29(25-19(3)10-8-11-20(25)4)23(30)17-28-35(32,33)22-13-6-5-7-14-22/h5-15,18,24,28H,16-17H2,1-4H3,(H,27,31)/t24-/m1/s1. The van der Waals surface area contributed by atoms with E-state index in [1.54, 1.807) is 30.3 Å². The molecule has 8 nitrogen and oxygen atoms in total. The molecule has 2 N–H and O–H groups in total. The Labute approximate surface area is 206 Å². The van der Waals surface area contributed by atoms with Crippen LogP contribution in [0.1, 0.15) is 30.7 Å². The van der Waals surface area contributed by atoms with E-state index in [-0.39, 0.29) is 23.3 Å². The highest BCUT2D eigenvalue weighted by Gasteiger charge is 2.35. The number of rotatable bonds is 10. The number of para-hydroxylation sites is 1. The Morgan fingerprint density at radius 1 is 0.943 bits per heavy atom. The van der Waals surface area contributed by atoms with E-state index in [1.165, 1.54) is 23.3 Å². The number of benzene rings is 2. The van der Waals surface area contributed by atoms with Crippen LogP contribution in [0.15, 0.2) is 76.2 Å². The number of nitrogens with zero attached hydrogens (tertiary/aromatic N) is 1. The molecule has 0 aliphatic rings. The van der Waals surface area contributed by atoms with Gasteiger partial charge in [-0.15, -0.1) is 0 Å². The average molecular weight is 498 g/mol. The molecule has 0 fully saturated rings. The minimum atomic E-state index is -3.91. The van der Waals surface area contributed by atoms with Gasteiger partial charge in [-0.1, -0.05) is 50.2 Å². The monoisotopic (exact) mass is 497 g/mol. The van der Waals surface area contributed by atoms with Crippen molar-refractivity contribution in [3.8, 4) is 0 Å². The van der Waals surface area contributed by atoms with Gasteiger partial charge in [-0.05, 0) is 55.2 Å². The maximum Gasteiger partial charge on any atom is 0.243 e. The Morgan fingerprint density at radius 3 is 2.17 bits per heavy atom. The molecule has 35 heavy (non-hydrogen) atoms. The summed E-state index contributed by atoms with van der Waals surface area (Å²) >= 11 is 0. The number of carbonyl (C=O) groups excluding carboxylic acids is 2. The fraction of sp³-hybridized carbons (Fsp3) is 0.308. The Bertz CT molecular complexity index is 1240. The number of furan rings is 1. The van der Waals surface area contributed by atoms with Crippen molar-refractivity contribution in [2.24, 2.45) is 5.92 Å². The minimum absolute atomic E-state index is 0.0584. The van der Waals surface area contributed by atoms with E-state index in [1.807, 2.05) is 45.9 Å². The predicted molar refractivity (Wildman–Crippen MR) is 134 cm³/mol. The molecule has 0 radical (unpaired) electrons. The smallest absolute Gasteiger partial charge is 0.243 e. The number of carbonyl (C=O) groups is 2. The number of hydrogen-bond donors (Lipinski definition) is 2. The van der Waals surface area contributed by atoms with Gasteiger partial charge in [0.05, 0.1) is 29.9 Å². The van der Waals surface area contributed by atoms with Gasteiger partial charge in [0.1, 0.15) is 11.8 Å². The summed E-state index contributed by atoms with van der Waals surface area (Å²) in [6.07, 6.45) is 1.52. The van der Waals surface area contributed by atoms with E-state index in [9.17, 15) is 18.0 Å². The molecule has 1 atom stereocenters. The quantitative estimate of drug-likeness (QED) is 0.445. The lowest BCUT2D eigenvalue weighted by Gasteiger charge is -2.35. The Balaban J connectivity index is 1.93. The lowest BCUT2D eigenvalue weighted by molar-refractivity contribution is -0.127. The van der Waals surface area contributed by atoms with Crippen LogP contribution in [-0.2, 0) is 26.2 Å². The average Bonchev–Trinajstić information content (AvgIpc) is 3.34. The number of hydrogen-bond acceptors (Lipinski definition) is 5. The molecule has 3 rings (SSSR count). The van der Waals surface area contributed by atoms with Crippen molar-refractivity contribution in [2.75, 3.05) is 11.4 Å². The summed E-state index contributed by atoms with van der Waals surface area (Å²) in [5.74, 6) is -0.575. The van der Waals surface area contributed by atoms with E-state index >= 15 is 0 Å². The maximum absolute atomic E-state index is 13.6. The highest BCUT2D eigenvalue weighted by atomic mass is 32.2. The first kappa shape index (κ1) is 26.2. The summed E-state index contributed by atoms with van der Waals surface area (Å²) in [4.78, 5) is 28.4. The summed E-state index contributed by atoms with van der Waals surface area (Å²) in [5, 5.41) is 2.84. The third-order valence-electron chi connectivity index (χ3n) is 5.61. The van der Waals surface area contributed by atoms with Crippen LogP contribution in [0.5, 0.6) is 0 Å². The molecule has 2 aromatic carbocycles. The second kappa shape index (κ2) is 11.3. The normalized spacial score (nSPS) is 12.4. The molecule has 186 valence electrons. The molecule has 1 heterocycles. The molecule has 0 saturated carbocycles. The minimum Gasteiger partial charge on any atom is -0.467 e. The van der Waals surface area contributed by atoms with Crippen LogP contribution < -0.4 is 14.9 Å². The maximum atomic E-state index is 13.6. The summed E-state index contributed by atoms with van der Waals surface area (Å²) in [7, 11) is -3.91. The third kappa shape index (κ3) is 6.37. The highest BCUT2D eigenvalue weighted by molar-refractivity contribution is 7.89. The molecule has 0 aliphatic heterocycles. The lowest BCUT2D eigenvalue weighted by atomic mass is 9.97. The number of sulfonamides is 1. The fourth-order valence-electron chi connectivity index (χ4n) is 3.94. The fourth-order valence-corrected chi connectivity index (χ4v) is 4.94. The van der Waals surface area contributed by atoms with Gasteiger partial charge in [0.15, 0.2) is 0 Å². The Hall–Kier alpha value is -3.43. The van der Waals surface area contributed by atoms with E-state index in [4.69, 9.17) is 4.42 Å². The van der Waals surface area contributed by atoms with Crippen molar-refractivity contribution < 1.29 is 22.4 Å². The summed E-state index contributed by atoms with van der Waals surface area (Å²) in [6, 6.07) is 16.0. The number of amides is 2. The van der Waals surface area contributed by atoms with Crippen LogP contribution in [0.25, 0.3) is 0 Å². The Morgan fingerprint density at radius 2 is 1.60 bits per heavy atom. The highest BCUT2D eigenvalue weighted by Crippen LogP contribution is 2.29. The van der Waals surface area contributed by atoms with E-state index in [0.717, 1.165) is 11.1 Å². The number of aryl methyl sites for hydroxylation is 2. The van der Waals surface area contributed by atoms with Gasteiger partial charge >= 0.3 is 0 Å². The van der Waals surface area contributed by atoms with Crippen molar-refractivity contribution in [1.82, 2.24) is 10.0 Å². The first-order chi connectivity index (χ1) is 16.6. The molecule has 0 aliphatic carbocycles. The van der Waals surface area contributed by atoms with Gasteiger partial charge < -0.3 is 9.73 Å². The second-order valence-corrected chi connectivity index (χ2v) is 10.4. The van der Waals surface area contributed by atoms with Crippen LogP contribution in [0.3, 0.4) is 0 Å². The van der Waals surface area contributed by atoms with E-state index in [2.05, 4.69) is 10.0 Å². The molecule has 0 spiro atoms. The first-order valence-electron chi connectivity index (χ1n) is 11.3. The molecule has 2 amide bonds. The number of nitrogens with one attached hydrogen (secondary N) is 2. The zero-order valence-corrected chi connectivity index (χ0v) is 21.1. The number of anilines is 1. The topological polar surface area (TPSA) is 109 Å². The first-order valence-corrected chi connectivity index (χ1v) is 12.8. The largest absolute Gasteiger partial charge is 0.467 e.